The van der Waals surface area contributed by atoms with Gasteiger partial charge in [-0.2, -0.15) is 0 Å². The first-order valence-corrected chi connectivity index (χ1v) is 9.08. The van der Waals surface area contributed by atoms with Crippen molar-refractivity contribution < 1.29 is 18.6 Å². The fraction of sp³-hybridized carbons (Fsp3) is 0.381. The standard InChI is InChI=1S/C21H28FN3O3.HI/c1-14(28-20-9-7-6-8-18(20)22)13-24-21(23-3)25-15(2)17-12-16(26-4)10-11-19(17)27-5;/h6-12,14-15H,13H2,1-5H3,(H2,23,24,25);1H. The van der Waals surface area contributed by atoms with E-state index >= 15 is 0 Å². The van der Waals surface area contributed by atoms with Gasteiger partial charge in [0.05, 0.1) is 26.8 Å². The van der Waals surface area contributed by atoms with E-state index in [0.717, 1.165) is 17.1 Å². The Kier molecular flexibility index (Phi) is 10.6. The Morgan fingerprint density at radius 3 is 2.41 bits per heavy atom. The van der Waals surface area contributed by atoms with Gasteiger partial charge in [0.15, 0.2) is 17.5 Å². The van der Waals surface area contributed by atoms with Crippen LogP contribution in [0.2, 0.25) is 0 Å². The van der Waals surface area contributed by atoms with Gasteiger partial charge in [-0.3, -0.25) is 4.99 Å². The molecule has 0 amide bonds. The molecule has 0 aliphatic heterocycles. The molecule has 0 spiro atoms. The molecule has 0 radical (unpaired) electrons. The minimum absolute atomic E-state index is 0. The monoisotopic (exact) mass is 517 g/mol. The van der Waals surface area contributed by atoms with E-state index in [1.807, 2.05) is 32.0 Å². The van der Waals surface area contributed by atoms with Crippen LogP contribution in [0.1, 0.15) is 25.5 Å². The lowest BCUT2D eigenvalue weighted by Crippen LogP contribution is -2.42. The third-order valence-corrected chi connectivity index (χ3v) is 4.20. The average Bonchev–Trinajstić information content (AvgIpc) is 2.72. The van der Waals surface area contributed by atoms with Gasteiger partial charge in [-0.1, -0.05) is 12.1 Å². The van der Waals surface area contributed by atoms with Crippen LogP contribution in [-0.2, 0) is 0 Å². The summed E-state index contributed by atoms with van der Waals surface area (Å²) in [7, 11) is 4.95. The first-order chi connectivity index (χ1) is 13.5. The summed E-state index contributed by atoms with van der Waals surface area (Å²) in [5.41, 5.74) is 0.945. The molecule has 6 nitrogen and oxygen atoms in total. The Morgan fingerprint density at radius 1 is 1.07 bits per heavy atom. The average molecular weight is 517 g/mol. The van der Waals surface area contributed by atoms with Crippen LogP contribution in [-0.4, -0.2) is 39.9 Å². The third-order valence-electron chi connectivity index (χ3n) is 4.20. The Bertz CT molecular complexity index is 804. The van der Waals surface area contributed by atoms with Crippen molar-refractivity contribution >= 4 is 29.9 Å². The van der Waals surface area contributed by atoms with Crippen molar-refractivity contribution in [1.29, 1.82) is 0 Å². The molecule has 2 aromatic carbocycles. The predicted octanol–water partition coefficient (Wildman–Crippen LogP) is 4.15. The molecule has 0 aliphatic carbocycles. The number of halogens is 2. The summed E-state index contributed by atoms with van der Waals surface area (Å²) in [5, 5.41) is 6.51. The second kappa shape index (κ2) is 12.4. The highest BCUT2D eigenvalue weighted by molar-refractivity contribution is 14.0. The second-order valence-corrected chi connectivity index (χ2v) is 6.29. The summed E-state index contributed by atoms with van der Waals surface area (Å²) < 4.78 is 30.1. The Morgan fingerprint density at radius 2 is 1.79 bits per heavy atom. The van der Waals surface area contributed by atoms with Gasteiger partial charge in [-0.05, 0) is 44.2 Å². The highest BCUT2D eigenvalue weighted by Gasteiger charge is 2.15. The van der Waals surface area contributed by atoms with Gasteiger partial charge >= 0.3 is 0 Å². The minimum Gasteiger partial charge on any atom is -0.497 e. The molecule has 0 fully saturated rings. The molecule has 2 unspecified atom stereocenters. The summed E-state index contributed by atoms with van der Waals surface area (Å²) >= 11 is 0. The van der Waals surface area contributed by atoms with Gasteiger partial charge in [0.1, 0.15) is 17.6 Å². The number of benzene rings is 2. The van der Waals surface area contributed by atoms with E-state index in [1.165, 1.54) is 6.07 Å². The van der Waals surface area contributed by atoms with Crippen LogP contribution in [0.5, 0.6) is 17.2 Å². The second-order valence-electron chi connectivity index (χ2n) is 6.29. The largest absolute Gasteiger partial charge is 0.497 e. The third kappa shape index (κ3) is 7.26. The maximum atomic E-state index is 13.7. The van der Waals surface area contributed by atoms with Crippen molar-refractivity contribution in [2.75, 3.05) is 27.8 Å². The molecule has 0 saturated carbocycles. The molecule has 0 heterocycles. The number of aliphatic imine (C=N–C) groups is 1. The molecule has 2 rings (SSSR count). The maximum Gasteiger partial charge on any atom is 0.191 e. The molecule has 160 valence electrons. The van der Waals surface area contributed by atoms with Gasteiger partial charge in [0, 0.05) is 12.6 Å². The van der Waals surface area contributed by atoms with Crippen molar-refractivity contribution in [3.8, 4) is 17.2 Å². The van der Waals surface area contributed by atoms with Gasteiger partial charge in [0.2, 0.25) is 0 Å². The first-order valence-electron chi connectivity index (χ1n) is 9.08. The highest BCUT2D eigenvalue weighted by Crippen LogP contribution is 2.29. The molecule has 0 aliphatic rings. The highest BCUT2D eigenvalue weighted by atomic mass is 127. The summed E-state index contributed by atoms with van der Waals surface area (Å²) in [6, 6.07) is 11.9. The predicted molar refractivity (Wildman–Crippen MR) is 124 cm³/mol. The van der Waals surface area contributed by atoms with Crippen molar-refractivity contribution in [3.05, 3.63) is 53.8 Å². The fourth-order valence-electron chi connectivity index (χ4n) is 2.69. The van der Waals surface area contributed by atoms with Gasteiger partial charge in [-0.15, -0.1) is 24.0 Å². The molecular weight excluding hydrogens is 488 g/mol. The lowest BCUT2D eigenvalue weighted by atomic mass is 10.1. The van der Waals surface area contributed by atoms with Crippen molar-refractivity contribution in [1.82, 2.24) is 10.6 Å². The zero-order valence-corrected chi connectivity index (χ0v) is 19.7. The number of hydrogen-bond acceptors (Lipinski definition) is 4. The van der Waals surface area contributed by atoms with Crippen LogP contribution >= 0.6 is 24.0 Å². The quantitative estimate of drug-likeness (QED) is 0.313. The van der Waals surface area contributed by atoms with Crippen LogP contribution in [0.4, 0.5) is 4.39 Å². The molecule has 2 aromatic rings. The minimum atomic E-state index is -0.379. The number of methoxy groups -OCH3 is 2. The lowest BCUT2D eigenvalue weighted by molar-refractivity contribution is 0.214. The summed E-state index contributed by atoms with van der Waals surface area (Å²) in [5.74, 6) is 1.96. The van der Waals surface area contributed by atoms with Gasteiger partial charge in [-0.25, -0.2) is 4.39 Å². The molecule has 8 heteroatoms. The van der Waals surface area contributed by atoms with Crippen LogP contribution in [0, 0.1) is 5.82 Å². The van der Waals surface area contributed by atoms with Crippen molar-refractivity contribution in [2.24, 2.45) is 4.99 Å². The number of rotatable bonds is 8. The normalized spacial score (nSPS) is 13.0. The van der Waals surface area contributed by atoms with Gasteiger partial charge < -0.3 is 24.8 Å². The molecular formula is C21H29FIN3O3. The van der Waals surface area contributed by atoms with Crippen molar-refractivity contribution in [3.63, 3.8) is 0 Å². The fourth-order valence-corrected chi connectivity index (χ4v) is 2.69. The lowest BCUT2D eigenvalue weighted by Gasteiger charge is -2.22. The van der Waals surface area contributed by atoms with Crippen LogP contribution in [0.25, 0.3) is 0 Å². The topological polar surface area (TPSA) is 64.1 Å². The number of nitrogens with zero attached hydrogens (tertiary/aromatic N) is 1. The van der Waals surface area contributed by atoms with Crippen LogP contribution < -0.4 is 24.8 Å². The SMILES string of the molecule is CN=C(NCC(C)Oc1ccccc1F)NC(C)c1cc(OC)ccc1OC.I. The Labute approximate surface area is 188 Å². The zero-order chi connectivity index (χ0) is 20.5. The maximum absolute atomic E-state index is 13.7. The van der Waals surface area contributed by atoms with E-state index in [1.54, 1.807) is 39.5 Å². The van der Waals surface area contributed by atoms with Crippen molar-refractivity contribution in [2.45, 2.75) is 26.0 Å². The molecule has 0 aromatic heterocycles. The molecule has 2 atom stereocenters. The van der Waals surface area contributed by atoms with E-state index in [0.29, 0.717) is 12.5 Å². The zero-order valence-electron chi connectivity index (χ0n) is 17.4. The first kappa shape index (κ1) is 24.8. The molecule has 29 heavy (non-hydrogen) atoms. The van der Waals surface area contributed by atoms with E-state index < -0.39 is 0 Å². The number of nitrogens with one attached hydrogen (secondary N) is 2. The summed E-state index contributed by atoms with van der Waals surface area (Å²) in [6.07, 6.45) is -0.253. The summed E-state index contributed by atoms with van der Waals surface area (Å²) in [4.78, 5) is 4.24. The Balaban J connectivity index is 0.00000420. The van der Waals surface area contributed by atoms with E-state index in [-0.39, 0.29) is 47.7 Å². The van der Waals surface area contributed by atoms with Gasteiger partial charge in [0.25, 0.3) is 0 Å². The van der Waals surface area contributed by atoms with E-state index in [4.69, 9.17) is 14.2 Å². The number of hydrogen-bond donors (Lipinski definition) is 2. The smallest absolute Gasteiger partial charge is 0.191 e. The van der Waals surface area contributed by atoms with Crippen LogP contribution in [0.15, 0.2) is 47.5 Å². The van der Waals surface area contributed by atoms with E-state index in [2.05, 4.69) is 15.6 Å². The van der Waals surface area contributed by atoms with Crippen LogP contribution in [0.3, 0.4) is 0 Å². The van der Waals surface area contributed by atoms with E-state index in [9.17, 15) is 4.39 Å². The Hall–Kier alpha value is -2.23. The number of ether oxygens (including phenoxy) is 3. The molecule has 2 N–H and O–H groups in total. The number of guanidine groups is 1. The summed E-state index contributed by atoms with van der Waals surface area (Å²) in [6.45, 7) is 4.32. The molecule has 0 saturated heterocycles. The number of para-hydroxylation sites is 1. The molecule has 0 bridgehead atoms.